The molecule has 7 nitrogen and oxygen atoms in total. The molecule has 1 aliphatic rings. The number of carbonyl (C=O) groups excluding carboxylic acids is 1. The molecule has 2 aromatic rings. The summed E-state index contributed by atoms with van der Waals surface area (Å²) in [5, 5.41) is 6.18. The minimum Gasteiger partial charge on any atom is -0.493 e. The third-order valence-corrected chi connectivity index (χ3v) is 4.48. The molecule has 1 saturated carbocycles. The molecule has 138 valence electrons. The third kappa shape index (κ3) is 4.41. The summed E-state index contributed by atoms with van der Waals surface area (Å²) < 4.78 is 10.4. The first-order valence-corrected chi connectivity index (χ1v) is 8.81. The second-order valence-electron chi connectivity index (χ2n) is 6.29. The lowest BCUT2D eigenvalue weighted by molar-refractivity contribution is 0.102. The predicted molar refractivity (Wildman–Crippen MR) is 100 cm³/mol. The van der Waals surface area contributed by atoms with Crippen LogP contribution in [0, 0.1) is 0 Å². The summed E-state index contributed by atoms with van der Waals surface area (Å²) in [5.41, 5.74) is 0.854. The van der Waals surface area contributed by atoms with E-state index in [2.05, 4.69) is 20.6 Å². The topological polar surface area (TPSA) is 85.4 Å². The minimum absolute atomic E-state index is 0.258. The summed E-state index contributed by atoms with van der Waals surface area (Å²) in [6.45, 7) is 0. The van der Waals surface area contributed by atoms with Crippen molar-refractivity contribution in [3.05, 3.63) is 36.3 Å². The van der Waals surface area contributed by atoms with Crippen molar-refractivity contribution in [1.29, 1.82) is 0 Å². The van der Waals surface area contributed by atoms with Gasteiger partial charge in [-0.05, 0) is 25.0 Å². The first kappa shape index (κ1) is 18.0. The highest BCUT2D eigenvalue weighted by Crippen LogP contribution is 2.29. The molecule has 0 aliphatic heterocycles. The second kappa shape index (κ2) is 8.51. The van der Waals surface area contributed by atoms with Crippen LogP contribution in [-0.2, 0) is 0 Å². The molecule has 1 aromatic heterocycles. The zero-order valence-corrected chi connectivity index (χ0v) is 15.1. The molecule has 1 aromatic carbocycles. The highest BCUT2D eigenvalue weighted by atomic mass is 16.5. The van der Waals surface area contributed by atoms with Crippen LogP contribution in [0.1, 0.15) is 42.6 Å². The number of hydrogen-bond acceptors (Lipinski definition) is 6. The van der Waals surface area contributed by atoms with E-state index in [9.17, 15) is 4.79 Å². The summed E-state index contributed by atoms with van der Waals surface area (Å²) in [4.78, 5) is 20.9. The largest absolute Gasteiger partial charge is 0.493 e. The maximum atomic E-state index is 12.4. The number of hydrogen-bond donors (Lipinski definition) is 2. The lowest BCUT2D eigenvalue weighted by Crippen LogP contribution is -2.23. The summed E-state index contributed by atoms with van der Waals surface area (Å²) in [5.74, 6) is 1.53. The Bertz CT molecular complexity index is 743. The van der Waals surface area contributed by atoms with Crippen molar-refractivity contribution in [2.24, 2.45) is 0 Å². The zero-order chi connectivity index (χ0) is 18.4. The van der Waals surface area contributed by atoms with Crippen LogP contribution >= 0.6 is 0 Å². The van der Waals surface area contributed by atoms with Gasteiger partial charge in [0.15, 0.2) is 11.5 Å². The molecule has 7 heteroatoms. The van der Waals surface area contributed by atoms with Gasteiger partial charge in [-0.1, -0.05) is 19.3 Å². The standard InChI is InChI=1S/C19H24N4O3/c1-25-16-9-8-14(10-17(16)26-2)23-19(24)15-11-21-18(12-20-15)22-13-6-4-3-5-7-13/h8-13H,3-7H2,1-2H3,(H,21,22)(H,23,24). The molecular formula is C19H24N4O3. The maximum Gasteiger partial charge on any atom is 0.275 e. The summed E-state index contributed by atoms with van der Waals surface area (Å²) in [6, 6.07) is 5.62. The van der Waals surface area contributed by atoms with Gasteiger partial charge in [0.05, 0.1) is 26.6 Å². The van der Waals surface area contributed by atoms with Crippen LogP contribution in [0.3, 0.4) is 0 Å². The van der Waals surface area contributed by atoms with Gasteiger partial charge in [-0.2, -0.15) is 0 Å². The van der Waals surface area contributed by atoms with E-state index in [0.29, 0.717) is 29.0 Å². The molecule has 0 unspecified atom stereocenters. The van der Waals surface area contributed by atoms with Crippen molar-refractivity contribution < 1.29 is 14.3 Å². The smallest absolute Gasteiger partial charge is 0.275 e. The van der Waals surface area contributed by atoms with Crippen molar-refractivity contribution in [3.63, 3.8) is 0 Å². The Morgan fingerprint density at radius 1 is 1.04 bits per heavy atom. The van der Waals surface area contributed by atoms with Crippen LogP contribution in [0.2, 0.25) is 0 Å². The molecule has 1 heterocycles. The quantitative estimate of drug-likeness (QED) is 0.824. The van der Waals surface area contributed by atoms with Gasteiger partial charge in [0.2, 0.25) is 0 Å². The van der Waals surface area contributed by atoms with E-state index in [4.69, 9.17) is 9.47 Å². The number of nitrogens with one attached hydrogen (secondary N) is 2. The van der Waals surface area contributed by atoms with Gasteiger partial charge in [-0.3, -0.25) is 4.79 Å². The van der Waals surface area contributed by atoms with Gasteiger partial charge in [-0.15, -0.1) is 0 Å². The van der Waals surface area contributed by atoms with Gasteiger partial charge >= 0.3 is 0 Å². The number of methoxy groups -OCH3 is 2. The lowest BCUT2D eigenvalue weighted by atomic mass is 9.96. The molecular weight excluding hydrogens is 332 g/mol. The molecule has 2 N–H and O–H groups in total. The molecule has 1 amide bonds. The minimum atomic E-state index is -0.325. The van der Waals surface area contributed by atoms with E-state index in [0.717, 1.165) is 12.8 Å². The van der Waals surface area contributed by atoms with Crippen LogP contribution in [0.25, 0.3) is 0 Å². The third-order valence-electron chi connectivity index (χ3n) is 4.48. The van der Waals surface area contributed by atoms with Crippen molar-refractivity contribution in [1.82, 2.24) is 9.97 Å². The van der Waals surface area contributed by atoms with E-state index in [1.807, 2.05) is 0 Å². The number of aromatic nitrogens is 2. The molecule has 0 bridgehead atoms. The average molecular weight is 356 g/mol. The molecule has 1 aliphatic carbocycles. The van der Waals surface area contributed by atoms with Gasteiger partial charge in [-0.25, -0.2) is 9.97 Å². The lowest BCUT2D eigenvalue weighted by Gasteiger charge is -2.23. The van der Waals surface area contributed by atoms with Crippen molar-refractivity contribution in [2.45, 2.75) is 38.1 Å². The fourth-order valence-electron chi connectivity index (χ4n) is 3.08. The number of amides is 1. The number of anilines is 2. The van der Waals surface area contributed by atoms with Crippen LogP contribution in [-0.4, -0.2) is 36.1 Å². The van der Waals surface area contributed by atoms with E-state index >= 15 is 0 Å². The molecule has 0 saturated heterocycles. The van der Waals surface area contributed by atoms with Crippen molar-refractivity contribution in [3.8, 4) is 11.5 Å². The first-order valence-electron chi connectivity index (χ1n) is 8.81. The first-order chi connectivity index (χ1) is 12.7. The highest BCUT2D eigenvalue weighted by Gasteiger charge is 2.15. The van der Waals surface area contributed by atoms with E-state index < -0.39 is 0 Å². The van der Waals surface area contributed by atoms with Crippen LogP contribution in [0.15, 0.2) is 30.6 Å². The zero-order valence-electron chi connectivity index (χ0n) is 15.1. The second-order valence-corrected chi connectivity index (χ2v) is 6.29. The Morgan fingerprint density at radius 2 is 1.81 bits per heavy atom. The van der Waals surface area contributed by atoms with E-state index in [1.54, 1.807) is 38.6 Å². The average Bonchev–Trinajstić information content (AvgIpc) is 2.69. The summed E-state index contributed by atoms with van der Waals surface area (Å²) in [7, 11) is 3.11. The number of ether oxygens (including phenoxy) is 2. The molecule has 0 spiro atoms. The predicted octanol–water partition coefficient (Wildman–Crippen LogP) is 3.49. The normalized spacial score (nSPS) is 14.5. The summed E-state index contributed by atoms with van der Waals surface area (Å²) >= 11 is 0. The number of nitrogens with zero attached hydrogens (tertiary/aromatic N) is 2. The molecule has 26 heavy (non-hydrogen) atoms. The Hall–Kier alpha value is -2.83. The number of rotatable bonds is 6. The Labute approximate surface area is 153 Å². The maximum absolute atomic E-state index is 12.4. The van der Waals surface area contributed by atoms with Crippen LogP contribution in [0.4, 0.5) is 11.5 Å². The van der Waals surface area contributed by atoms with Gasteiger partial charge in [0.1, 0.15) is 11.5 Å². The Morgan fingerprint density at radius 3 is 2.46 bits per heavy atom. The molecule has 3 rings (SSSR count). The van der Waals surface area contributed by atoms with Gasteiger partial charge < -0.3 is 20.1 Å². The van der Waals surface area contributed by atoms with Gasteiger partial charge in [0.25, 0.3) is 5.91 Å². The van der Waals surface area contributed by atoms with Crippen LogP contribution < -0.4 is 20.1 Å². The molecule has 1 fully saturated rings. The molecule has 0 atom stereocenters. The van der Waals surface area contributed by atoms with Crippen molar-refractivity contribution >= 4 is 17.4 Å². The fourth-order valence-corrected chi connectivity index (χ4v) is 3.08. The van der Waals surface area contributed by atoms with Gasteiger partial charge in [0, 0.05) is 17.8 Å². The number of benzene rings is 1. The highest BCUT2D eigenvalue weighted by molar-refractivity contribution is 6.02. The van der Waals surface area contributed by atoms with Crippen LogP contribution in [0.5, 0.6) is 11.5 Å². The number of carbonyl (C=O) groups is 1. The van der Waals surface area contributed by atoms with E-state index in [1.165, 1.54) is 25.5 Å². The van der Waals surface area contributed by atoms with E-state index in [-0.39, 0.29) is 11.6 Å². The van der Waals surface area contributed by atoms with Crippen molar-refractivity contribution in [2.75, 3.05) is 24.9 Å². The molecule has 0 radical (unpaired) electrons. The monoisotopic (exact) mass is 356 g/mol. The summed E-state index contributed by atoms with van der Waals surface area (Å²) in [6.07, 6.45) is 9.21. The SMILES string of the molecule is COc1ccc(NC(=O)c2cnc(NC3CCCCC3)cn2)cc1OC. The Kier molecular flexibility index (Phi) is 5.88. The fraction of sp³-hybridized carbons (Fsp3) is 0.421. The Balaban J connectivity index is 1.62.